The molecule has 0 saturated carbocycles. The highest BCUT2D eigenvalue weighted by molar-refractivity contribution is 6.35. The van der Waals surface area contributed by atoms with Gasteiger partial charge >= 0.3 is 0 Å². The Morgan fingerprint density at radius 1 is 1.20 bits per heavy atom. The summed E-state index contributed by atoms with van der Waals surface area (Å²) in [6.07, 6.45) is 3.90. The molecular weight excluding hydrogens is 295 g/mol. The van der Waals surface area contributed by atoms with E-state index in [-0.39, 0.29) is 0 Å². The molecule has 0 aliphatic carbocycles. The van der Waals surface area contributed by atoms with Crippen molar-refractivity contribution in [2.45, 2.75) is 58.2 Å². The third-order valence-electron chi connectivity index (χ3n) is 3.87. The van der Waals surface area contributed by atoms with Gasteiger partial charge in [-0.15, -0.1) is 0 Å². The minimum atomic E-state index is 0.370. The quantitative estimate of drug-likeness (QED) is 0.623. The summed E-state index contributed by atoms with van der Waals surface area (Å²) < 4.78 is 11.4. The number of ether oxygens (including phenoxy) is 2. The molecule has 0 spiro atoms. The molecule has 0 radical (unpaired) electrons. The van der Waals surface area contributed by atoms with Crippen molar-refractivity contribution in [3.05, 3.63) is 27.7 Å². The average molecular weight is 317 g/mol. The van der Waals surface area contributed by atoms with Crippen molar-refractivity contribution < 1.29 is 9.47 Å². The van der Waals surface area contributed by atoms with Crippen LogP contribution in [-0.2, 0) is 4.74 Å². The van der Waals surface area contributed by atoms with Crippen LogP contribution in [0.25, 0.3) is 0 Å². The standard InChI is InChI=1S/C16H22Cl2O2/c1-4-10(7-15-14(5-2)20-15)12-8-11(17)9-13(18)16(12)19-6-3/h8-10,14-15H,4-7H2,1-3H3. The second-order valence-electron chi connectivity index (χ2n) is 5.20. The SMILES string of the molecule is CCOc1c(Cl)cc(Cl)cc1C(CC)CC1OC1CC. The van der Waals surface area contributed by atoms with Crippen LogP contribution < -0.4 is 4.74 Å². The van der Waals surface area contributed by atoms with E-state index >= 15 is 0 Å². The Hall–Kier alpha value is -0.440. The molecule has 1 aromatic rings. The smallest absolute Gasteiger partial charge is 0.141 e. The maximum atomic E-state index is 6.28. The van der Waals surface area contributed by atoms with E-state index in [9.17, 15) is 0 Å². The molecular formula is C16H22Cl2O2. The normalized spacial score (nSPS) is 22.6. The Morgan fingerprint density at radius 3 is 2.50 bits per heavy atom. The minimum absolute atomic E-state index is 0.370. The van der Waals surface area contributed by atoms with Gasteiger partial charge in [0.1, 0.15) is 5.75 Å². The van der Waals surface area contributed by atoms with Crippen molar-refractivity contribution in [3.8, 4) is 5.75 Å². The predicted molar refractivity (Wildman–Crippen MR) is 84.2 cm³/mol. The Labute approximate surface area is 131 Å². The first-order valence-electron chi connectivity index (χ1n) is 7.37. The molecule has 0 aromatic heterocycles. The van der Waals surface area contributed by atoms with Gasteiger partial charge in [0, 0.05) is 10.6 Å². The first-order valence-corrected chi connectivity index (χ1v) is 8.13. The van der Waals surface area contributed by atoms with Crippen LogP contribution in [0, 0.1) is 0 Å². The Morgan fingerprint density at radius 2 is 1.95 bits per heavy atom. The molecule has 1 heterocycles. The van der Waals surface area contributed by atoms with E-state index in [1.165, 1.54) is 0 Å². The fourth-order valence-corrected chi connectivity index (χ4v) is 3.28. The molecule has 20 heavy (non-hydrogen) atoms. The van der Waals surface area contributed by atoms with Crippen LogP contribution in [0.4, 0.5) is 0 Å². The van der Waals surface area contributed by atoms with Gasteiger partial charge < -0.3 is 9.47 Å². The zero-order valence-corrected chi connectivity index (χ0v) is 13.8. The van der Waals surface area contributed by atoms with Crippen LogP contribution in [0.2, 0.25) is 10.0 Å². The zero-order valence-electron chi connectivity index (χ0n) is 12.3. The van der Waals surface area contributed by atoms with Crippen LogP contribution in [-0.4, -0.2) is 18.8 Å². The fourth-order valence-electron chi connectivity index (χ4n) is 2.72. The molecule has 0 N–H and O–H groups in total. The number of epoxide rings is 1. The zero-order chi connectivity index (χ0) is 14.7. The highest BCUT2D eigenvalue weighted by atomic mass is 35.5. The second-order valence-corrected chi connectivity index (χ2v) is 6.04. The Balaban J connectivity index is 2.23. The van der Waals surface area contributed by atoms with Crippen LogP contribution in [0.15, 0.2) is 12.1 Å². The fraction of sp³-hybridized carbons (Fsp3) is 0.625. The van der Waals surface area contributed by atoms with Gasteiger partial charge in [-0.3, -0.25) is 0 Å². The lowest BCUT2D eigenvalue weighted by molar-refractivity contribution is 0.326. The Kier molecular flexibility index (Phi) is 5.59. The van der Waals surface area contributed by atoms with Crippen molar-refractivity contribution in [2.75, 3.05) is 6.61 Å². The van der Waals surface area contributed by atoms with Gasteiger partial charge in [-0.2, -0.15) is 0 Å². The molecule has 1 aliphatic heterocycles. The number of hydrogen-bond acceptors (Lipinski definition) is 2. The third-order valence-corrected chi connectivity index (χ3v) is 4.36. The molecule has 0 amide bonds. The van der Waals surface area contributed by atoms with Gasteiger partial charge in [0.05, 0.1) is 23.8 Å². The predicted octanol–water partition coefficient (Wildman–Crippen LogP) is 5.45. The van der Waals surface area contributed by atoms with Crippen molar-refractivity contribution in [1.29, 1.82) is 0 Å². The molecule has 1 fully saturated rings. The van der Waals surface area contributed by atoms with Gasteiger partial charge in [-0.1, -0.05) is 37.0 Å². The summed E-state index contributed by atoms with van der Waals surface area (Å²) in [5, 5.41) is 1.26. The number of halogens is 2. The van der Waals surface area contributed by atoms with E-state index in [1.807, 2.05) is 13.0 Å². The summed E-state index contributed by atoms with van der Waals surface area (Å²) in [7, 11) is 0. The van der Waals surface area contributed by atoms with Crippen LogP contribution in [0.1, 0.15) is 51.5 Å². The lowest BCUT2D eigenvalue weighted by Gasteiger charge is -2.20. The maximum absolute atomic E-state index is 6.28. The van der Waals surface area contributed by atoms with E-state index in [1.54, 1.807) is 6.07 Å². The molecule has 3 atom stereocenters. The maximum Gasteiger partial charge on any atom is 0.141 e. The monoisotopic (exact) mass is 316 g/mol. The molecule has 1 aromatic carbocycles. The van der Waals surface area contributed by atoms with Crippen molar-refractivity contribution in [2.24, 2.45) is 0 Å². The van der Waals surface area contributed by atoms with Crippen LogP contribution in [0.3, 0.4) is 0 Å². The summed E-state index contributed by atoms with van der Waals surface area (Å²) in [5.74, 6) is 1.15. The van der Waals surface area contributed by atoms with E-state index in [0.717, 1.165) is 30.6 Å². The molecule has 1 aliphatic rings. The van der Waals surface area contributed by atoms with Gasteiger partial charge in [0.25, 0.3) is 0 Å². The molecule has 0 bridgehead atoms. The second kappa shape index (κ2) is 7.02. The summed E-state index contributed by atoms with van der Waals surface area (Å²) in [4.78, 5) is 0. The van der Waals surface area contributed by atoms with Crippen molar-refractivity contribution in [1.82, 2.24) is 0 Å². The average Bonchev–Trinajstić information content (AvgIpc) is 3.17. The summed E-state index contributed by atoms with van der Waals surface area (Å²) in [6.45, 7) is 6.90. The molecule has 3 unspecified atom stereocenters. The van der Waals surface area contributed by atoms with Gasteiger partial charge in [-0.25, -0.2) is 0 Å². The highest BCUT2D eigenvalue weighted by Crippen LogP contribution is 2.42. The molecule has 2 rings (SSSR count). The van der Waals surface area contributed by atoms with Gasteiger partial charge in [-0.05, 0) is 44.2 Å². The van der Waals surface area contributed by atoms with Crippen LogP contribution >= 0.6 is 23.2 Å². The number of rotatable bonds is 7. The molecule has 112 valence electrons. The molecule has 1 saturated heterocycles. The van der Waals surface area contributed by atoms with Crippen molar-refractivity contribution in [3.63, 3.8) is 0 Å². The molecule has 2 nitrogen and oxygen atoms in total. The topological polar surface area (TPSA) is 21.8 Å². The van der Waals surface area contributed by atoms with Gasteiger partial charge in [0.2, 0.25) is 0 Å². The van der Waals surface area contributed by atoms with E-state index < -0.39 is 0 Å². The summed E-state index contributed by atoms with van der Waals surface area (Å²) >= 11 is 12.4. The van der Waals surface area contributed by atoms with E-state index in [0.29, 0.717) is 34.8 Å². The first-order chi connectivity index (χ1) is 9.60. The number of benzene rings is 1. The van der Waals surface area contributed by atoms with Crippen molar-refractivity contribution >= 4 is 23.2 Å². The molecule has 4 heteroatoms. The lowest BCUT2D eigenvalue weighted by Crippen LogP contribution is -2.07. The highest BCUT2D eigenvalue weighted by Gasteiger charge is 2.39. The third kappa shape index (κ3) is 3.60. The summed E-state index contributed by atoms with van der Waals surface area (Å²) in [6, 6.07) is 3.72. The number of hydrogen-bond donors (Lipinski definition) is 0. The minimum Gasteiger partial charge on any atom is -0.492 e. The first kappa shape index (κ1) is 15.9. The van der Waals surface area contributed by atoms with E-state index in [2.05, 4.69) is 13.8 Å². The van der Waals surface area contributed by atoms with Gasteiger partial charge in [0.15, 0.2) is 0 Å². The van der Waals surface area contributed by atoms with Crippen LogP contribution in [0.5, 0.6) is 5.75 Å². The Bertz CT molecular complexity index is 462. The lowest BCUT2D eigenvalue weighted by atomic mass is 9.90. The van der Waals surface area contributed by atoms with E-state index in [4.69, 9.17) is 32.7 Å². The summed E-state index contributed by atoms with van der Waals surface area (Å²) in [5.41, 5.74) is 1.11. The largest absolute Gasteiger partial charge is 0.492 e.